The molecule has 0 radical (unpaired) electrons. The number of esters is 1. The number of halogens is 1. The maximum absolute atomic E-state index is 12.4. The maximum atomic E-state index is 12.4. The van der Waals surface area contributed by atoms with Gasteiger partial charge in [0.2, 0.25) is 10.0 Å². The molecule has 5 nitrogen and oxygen atoms in total. The van der Waals surface area contributed by atoms with Crippen molar-refractivity contribution >= 4 is 43.3 Å². The Bertz CT molecular complexity index is 597. The number of carbonyl (C=O) groups is 1. The molecule has 0 aliphatic rings. The fourth-order valence-electron chi connectivity index (χ4n) is 1.97. The predicted octanol–water partition coefficient (Wildman–Crippen LogP) is 2.83. The molecule has 0 saturated heterocycles. The quantitative estimate of drug-likeness (QED) is 0.766. The lowest BCUT2D eigenvalue weighted by molar-refractivity contribution is -0.147. The lowest BCUT2D eigenvalue weighted by Crippen LogP contribution is -2.52. The first kappa shape index (κ1) is 17.6. The predicted molar refractivity (Wildman–Crippen MR) is 82.4 cm³/mol. The molecule has 0 aromatic carbocycles. The molecule has 0 amide bonds. The Morgan fingerprint density at radius 2 is 2.15 bits per heavy atom. The molecular formula is C12H18BrNO4S2. The number of ether oxygens (including phenoxy) is 1. The van der Waals surface area contributed by atoms with E-state index >= 15 is 0 Å². The Balaban J connectivity index is 3.16. The highest BCUT2D eigenvalue weighted by Crippen LogP contribution is 2.30. The van der Waals surface area contributed by atoms with E-state index in [-0.39, 0.29) is 4.90 Å². The zero-order chi connectivity index (χ0) is 15.6. The lowest BCUT2D eigenvalue weighted by Gasteiger charge is -2.27. The SMILES string of the molecule is CCCC(C)(NS(=O)(=O)c1cc(Br)sc1C)C(=O)OC. The molecule has 0 fully saturated rings. The first-order valence-corrected chi connectivity index (χ1v) is 9.14. The van der Waals surface area contributed by atoms with E-state index in [2.05, 4.69) is 20.7 Å². The van der Waals surface area contributed by atoms with Crippen LogP contribution in [0.15, 0.2) is 14.7 Å². The van der Waals surface area contributed by atoms with Crippen LogP contribution in [0.1, 0.15) is 31.6 Å². The fourth-order valence-corrected chi connectivity index (χ4v) is 5.78. The van der Waals surface area contributed by atoms with E-state index in [1.165, 1.54) is 31.4 Å². The summed E-state index contributed by atoms with van der Waals surface area (Å²) in [5.41, 5.74) is -1.26. The molecule has 1 aromatic rings. The molecule has 20 heavy (non-hydrogen) atoms. The van der Waals surface area contributed by atoms with E-state index in [9.17, 15) is 13.2 Å². The van der Waals surface area contributed by atoms with Crippen molar-refractivity contribution in [1.29, 1.82) is 0 Å². The highest BCUT2D eigenvalue weighted by Gasteiger charge is 2.38. The van der Waals surface area contributed by atoms with Crippen LogP contribution in [-0.4, -0.2) is 27.0 Å². The number of hydrogen-bond acceptors (Lipinski definition) is 5. The van der Waals surface area contributed by atoms with Gasteiger partial charge in [-0.25, -0.2) is 8.42 Å². The standard InChI is InChI=1S/C12H18BrNO4S2/c1-5-6-12(3,11(15)18-4)14-20(16,17)9-7-10(13)19-8(9)2/h7,14H,5-6H2,1-4H3. The second-order valence-corrected chi connectivity index (χ2v) is 8.94. The van der Waals surface area contributed by atoms with Gasteiger partial charge in [-0.15, -0.1) is 11.3 Å². The Hall–Kier alpha value is -0.440. The smallest absolute Gasteiger partial charge is 0.326 e. The number of thiophene rings is 1. The van der Waals surface area contributed by atoms with Crippen molar-refractivity contribution in [1.82, 2.24) is 4.72 Å². The largest absolute Gasteiger partial charge is 0.468 e. The topological polar surface area (TPSA) is 72.5 Å². The van der Waals surface area contributed by atoms with E-state index < -0.39 is 21.5 Å². The molecule has 1 atom stereocenters. The number of sulfonamides is 1. The first-order valence-electron chi connectivity index (χ1n) is 6.04. The summed E-state index contributed by atoms with van der Waals surface area (Å²) in [5, 5.41) is 0. The average molecular weight is 384 g/mol. The van der Waals surface area contributed by atoms with Gasteiger partial charge in [0.25, 0.3) is 0 Å². The Labute approximate surface area is 131 Å². The highest BCUT2D eigenvalue weighted by atomic mass is 79.9. The average Bonchev–Trinajstić information content (AvgIpc) is 2.67. The van der Waals surface area contributed by atoms with Gasteiger partial charge in [0.1, 0.15) is 5.54 Å². The second kappa shape index (κ2) is 6.55. The van der Waals surface area contributed by atoms with Gasteiger partial charge in [-0.3, -0.25) is 4.79 Å². The minimum atomic E-state index is -3.78. The molecule has 1 aromatic heterocycles. The molecule has 114 valence electrons. The molecule has 1 unspecified atom stereocenters. The van der Waals surface area contributed by atoms with Crippen molar-refractivity contribution in [3.05, 3.63) is 14.7 Å². The third kappa shape index (κ3) is 3.81. The van der Waals surface area contributed by atoms with Gasteiger partial charge in [0.15, 0.2) is 0 Å². The monoisotopic (exact) mass is 383 g/mol. The molecule has 0 bridgehead atoms. The van der Waals surface area contributed by atoms with Crippen molar-refractivity contribution in [3.8, 4) is 0 Å². The van der Waals surface area contributed by atoms with Gasteiger partial charge >= 0.3 is 5.97 Å². The van der Waals surface area contributed by atoms with Gasteiger partial charge in [-0.2, -0.15) is 4.72 Å². The molecule has 1 N–H and O–H groups in total. The molecule has 0 saturated carbocycles. The van der Waals surface area contributed by atoms with Crippen LogP contribution < -0.4 is 4.72 Å². The van der Waals surface area contributed by atoms with E-state index in [1.807, 2.05) is 6.92 Å². The molecule has 0 aliphatic heterocycles. The van der Waals surface area contributed by atoms with Crippen LogP contribution in [0, 0.1) is 6.92 Å². The van der Waals surface area contributed by atoms with Crippen molar-refractivity contribution in [2.24, 2.45) is 0 Å². The summed E-state index contributed by atoms with van der Waals surface area (Å²) >= 11 is 4.59. The van der Waals surface area contributed by atoms with Gasteiger partial charge < -0.3 is 4.74 Å². The molecule has 1 rings (SSSR count). The van der Waals surface area contributed by atoms with Gasteiger partial charge in [0.05, 0.1) is 15.8 Å². The summed E-state index contributed by atoms with van der Waals surface area (Å²) in [6.45, 7) is 5.14. The fraction of sp³-hybridized carbons (Fsp3) is 0.583. The summed E-state index contributed by atoms with van der Waals surface area (Å²) in [7, 11) is -2.53. The molecule has 0 spiro atoms. The summed E-state index contributed by atoms with van der Waals surface area (Å²) < 4.78 is 32.8. The maximum Gasteiger partial charge on any atom is 0.326 e. The van der Waals surface area contributed by atoms with Crippen LogP contribution in [0.4, 0.5) is 0 Å². The van der Waals surface area contributed by atoms with E-state index in [0.29, 0.717) is 17.7 Å². The van der Waals surface area contributed by atoms with Crippen LogP contribution in [-0.2, 0) is 19.6 Å². The summed E-state index contributed by atoms with van der Waals surface area (Å²) in [6, 6.07) is 1.53. The zero-order valence-electron chi connectivity index (χ0n) is 11.8. The minimum Gasteiger partial charge on any atom is -0.468 e. The van der Waals surface area contributed by atoms with Crippen molar-refractivity contribution in [2.45, 2.75) is 44.0 Å². The molecule has 1 heterocycles. The number of carbonyl (C=O) groups excluding carboxylic acids is 1. The Kier molecular flexibility index (Phi) is 5.77. The van der Waals surface area contributed by atoms with Crippen LogP contribution in [0.25, 0.3) is 0 Å². The first-order chi connectivity index (χ1) is 9.16. The number of rotatable bonds is 6. The van der Waals surface area contributed by atoms with Crippen molar-refractivity contribution < 1.29 is 17.9 Å². The number of aryl methyl sites for hydroxylation is 1. The number of nitrogens with one attached hydrogen (secondary N) is 1. The minimum absolute atomic E-state index is 0.181. The summed E-state index contributed by atoms with van der Waals surface area (Å²) in [6.07, 6.45) is 1.02. The Morgan fingerprint density at radius 1 is 1.55 bits per heavy atom. The van der Waals surface area contributed by atoms with Crippen molar-refractivity contribution in [3.63, 3.8) is 0 Å². The summed E-state index contributed by atoms with van der Waals surface area (Å²) in [5.74, 6) is -0.588. The third-order valence-corrected chi connectivity index (χ3v) is 6.28. The molecule has 8 heteroatoms. The Morgan fingerprint density at radius 3 is 2.55 bits per heavy atom. The summed E-state index contributed by atoms with van der Waals surface area (Å²) in [4.78, 5) is 12.7. The van der Waals surface area contributed by atoms with Crippen LogP contribution in [0.3, 0.4) is 0 Å². The number of methoxy groups -OCH3 is 1. The normalized spacial score (nSPS) is 14.8. The van der Waals surface area contributed by atoms with Gasteiger partial charge in [0, 0.05) is 4.88 Å². The van der Waals surface area contributed by atoms with E-state index in [1.54, 1.807) is 6.92 Å². The molecular weight excluding hydrogens is 366 g/mol. The molecule has 0 aliphatic carbocycles. The van der Waals surface area contributed by atoms with E-state index in [4.69, 9.17) is 4.74 Å². The zero-order valence-corrected chi connectivity index (χ0v) is 15.0. The van der Waals surface area contributed by atoms with Crippen LogP contribution >= 0.6 is 27.3 Å². The van der Waals surface area contributed by atoms with Gasteiger partial charge in [-0.1, -0.05) is 13.3 Å². The van der Waals surface area contributed by atoms with Crippen LogP contribution in [0.5, 0.6) is 0 Å². The van der Waals surface area contributed by atoms with Crippen molar-refractivity contribution in [2.75, 3.05) is 7.11 Å². The third-order valence-electron chi connectivity index (χ3n) is 2.88. The second-order valence-electron chi connectivity index (χ2n) is 4.65. The van der Waals surface area contributed by atoms with Gasteiger partial charge in [-0.05, 0) is 42.3 Å². The van der Waals surface area contributed by atoms with E-state index in [0.717, 1.165) is 3.79 Å². The lowest BCUT2D eigenvalue weighted by atomic mass is 9.98. The number of hydrogen-bond donors (Lipinski definition) is 1. The highest BCUT2D eigenvalue weighted by molar-refractivity contribution is 9.11. The van der Waals surface area contributed by atoms with Crippen LogP contribution in [0.2, 0.25) is 0 Å².